The third kappa shape index (κ3) is 5.40. The number of halogens is 3. The molecule has 0 bridgehead atoms. The van der Waals surface area contributed by atoms with E-state index in [2.05, 4.69) is 10.6 Å². The number of nitrogens with one attached hydrogen (secondary N) is 2. The van der Waals surface area contributed by atoms with Crippen molar-refractivity contribution in [3.8, 4) is 0 Å². The maximum atomic E-state index is 12.9. The molecule has 0 saturated carbocycles. The van der Waals surface area contributed by atoms with Gasteiger partial charge in [0.15, 0.2) is 0 Å². The van der Waals surface area contributed by atoms with Gasteiger partial charge in [0, 0.05) is 24.9 Å². The Morgan fingerprint density at radius 1 is 1.30 bits per heavy atom. The normalized spacial score (nSPS) is 17.6. The second kappa shape index (κ2) is 8.14. The van der Waals surface area contributed by atoms with Crippen LogP contribution in [0.1, 0.15) is 12.8 Å². The summed E-state index contributed by atoms with van der Waals surface area (Å²) < 4.78 is 31.2. The predicted molar refractivity (Wildman–Crippen MR) is 74.1 cm³/mol. The first-order chi connectivity index (χ1) is 9.13. The lowest BCUT2D eigenvalue weighted by Gasteiger charge is -2.11. The lowest BCUT2D eigenvalue weighted by molar-refractivity contribution is -0.115. The molecule has 7 heteroatoms. The topological polar surface area (TPSA) is 50.4 Å². The zero-order valence-electron chi connectivity index (χ0n) is 10.8. The fourth-order valence-corrected chi connectivity index (χ4v) is 1.98. The minimum absolute atomic E-state index is 0. The Kier molecular flexibility index (Phi) is 6.84. The second-order valence-corrected chi connectivity index (χ2v) is 4.47. The zero-order valence-corrected chi connectivity index (χ0v) is 11.6. The van der Waals surface area contributed by atoms with E-state index in [1.165, 1.54) is 0 Å². The highest BCUT2D eigenvalue weighted by Crippen LogP contribution is 2.13. The van der Waals surface area contributed by atoms with Crippen molar-refractivity contribution in [3.05, 3.63) is 29.8 Å². The first-order valence-electron chi connectivity index (χ1n) is 6.22. The Hall–Kier alpha value is -1.24. The summed E-state index contributed by atoms with van der Waals surface area (Å²) in [5.41, 5.74) is 0.112. The van der Waals surface area contributed by atoms with Gasteiger partial charge in [-0.15, -0.1) is 12.4 Å². The molecule has 1 saturated heterocycles. The fourth-order valence-electron chi connectivity index (χ4n) is 1.98. The third-order valence-corrected chi connectivity index (χ3v) is 2.83. The Morgan fingerprint density at radius 3 is 2.60 bits per heavy atom. The summed E-state index contributed by atoms with van der Waals surface area (Å²) in [7, 11) is 0. The van der Waals surface area contributed by atoms with Crippen molar-refractivity contribution in [1.29, 1.82) is 0 Å². The van der Waals surface area contributed by atoms with E-state index in [1.54, 1.807) is 0 Å². The summed E-state index contributed by atoms with van der Waals surface area (Å²) in [6, 6.07) is 2.90. The van der Waals surface area contributed by atoms with Crippen LogP contribution in [0.2, 0.25) is 0 Å². The second-order valence-electron chi connectivity index (χ2n) is 4.47. The first kappa shape index (κ1) is 16.8. The van der Waals surface area contributed by atoms with E-state index in [0.29, 0.717) is 6.54 Å². The monoisotopic (exact) mass is 306 g/mol. The van der Waals surface area contributed by atoms with Crippen LogP contribution in [0.15, 0.2) is 18.2 Å². The van der Waals surface area contributed by atoms with Gasteiger partial charge in [-0.3, -0.25) is 4.79 Å². The molecular formula is C13H17ClF2N2O2. The summed E-state index contributed by atoms with van der Waals surface area (Å²) in [6.45, 7) is 1.45. The van der Waals surface area contributed by atoms with Crippen LogP contribution in [0.3, 0.4) is 0 Å². The summed E-state index contributed by atoms with van der Waals surface area (Å²) in [6.07, 6.45) is 2.18. The molecule has 1 amide bonds. The molecule has 1 atom stereocenters. The highest BCUT2D eigenvalue weighted by molar-refractivity contribution is 5.92. The average molecular weight is 307 g/mol. The molecule has 1 aliphatic rings. The smallest absolute Gasteiger partial charge is 0.238 e. The van der Waals surface area contributed by atoms with Gasteiger partial charge in [-0.05, 0) is 25.0 Å². The van der Waals surface area contributed by atoms with Crippen molar-refractivity contribution in [2.75, 3.05) is 25.0 Å². The van der Waals surface area contributed by atoms with Crippen LogP contribution >= 0.6 is 12.4 Å². The van der Waals surface area contributed by atoms with Crippen molar-refractivity contribution in [2.24, 2.45) is 0 Å². The Balaban J connectivity index is 0.00000200. The van der Waals surface area contributed by atoms with Crippen molar-refractivity contribution < 1.29 is 18.3 Å². The summed E-state index contributed by atoms with van der Waals surface area (Å²) >= 11 is 0. The molecular weight excluding hydrogens is 290 g/mol. The average Bonchev–Trinajstić information content (AvgIpc) is 2.80. The lowest BCUT2D eigenvalue weighted by Crippen LogP contribution is -2.33. The van der Waals surface area contributed by atoms with Gasteiger partial charge in [0.2, 0.25) is 5.91 Å². The molecule has 1 aromatic rings. The van der Waals surface area contributed by atoms with E-state index < -0.39 is 11.6 Å². The van der Waals surface area contributed by atoms with E-state index >= 15 is 0 Å². The molecule has 1 heterocycles. The van der Waals surface area contributed by atoms with Crippen LogP contribution in [-0.4, -0.2) is 31.7 Å². The number of amides is 1. The van der Waals surface area contributed by atoms with Crippen molar-refractivity contribution in [1.82, 2.24) is 5.32 Å². The van der Waals surface area contributed by atoms with Gasteiger partial charge in [-0.1, -0.05) is 0 Å². The highest BCUT2D eigenvalue weighted by Gasteiger charge is 2.15. The number of carbonyl (C=O) groups excluding carboxylic acids is 1. The van der Waals surface area contributed by atoms with E-state index in [0.717, 1.165) is 37.6 Å². The molecule has 1 aliphatic heterocycles. The Bertz CT molecular complexity index is 434. The maximum absolute atomic E-state index is 12.9. The molecule has 2 N–H and O–H groups in total. The van der Waals surface area contributed by atoms with Gasteiger partial charge < -0.3 is 15.4 Å². The van der Waals surface area contributed by atoms with Gasteiger partial charge in [0.05, 0.1) is 12.6 Å². The molecule has 0 spiro atoms. The van der Waals surface area contributed by atoms with Crippen molar-refractivity contribution in [3.63, 3.8) is 0 Å². The molecule has 0 radical (unpaired) electrons. The number of rotatable bonds is 5. The van der Waals surface area contributed by atoms with Gasteiger partial charge >= 0.3 is 0 Å². The number of ether oxygens (including phenoxy) is 1. The molecule has 2 rings (SSSR count). The van der Waals surface area contributed by atoms with Gasteiger partial charge in [-0.2, -0.15) is 0 Å². The quantitative estimate of drug-likeness (QED) is 0.876. The minimum Gasteiger partial charge on any atom is -0.377 e. The number of benzene rings is 1. The molecule has 112 valence electrons. The lowest BCUT2D eigenvalue weighted by atomic mass is 10.2. The minimum atomic E-state index is -0.720. The van der Waals surface area contributed by atoms with Crippen molar-refractivity contribution >= 4 is 24.0 Å². The summed E-state index contributed by atoms with van der Waals surface area (Å²) in [5.74, 6) is -1.78. The van der Waals surface area contributed by atoms with Crippen LogP contribution < -0.4 is 10.6 Å². The van der Waals surface area contributed by atoms with Crippen LogP contribution in [0.4, 0.5) is 14.5 Å². The molecule has 1 fully saturated rings. The summed E-state index contributed by atoms with van der Waals surface area (Å²) in [4.78, 5) is 11.5. The van der Waals surface area contributed by atoms with Crippen LogP contribution in [-0.2, 0) is 9.53 Å². The number of hydrogen-bond acceptors (Lipinski definition) is 3. The standard InChI is InChI=1S/C13H16F2N2O2.ClH/c14-9-4-10(15)6-11(5-9)17-13(18)8-16-7-12-2-1-3-19-12;/h4-6,12,16H,1-3,7-8H2,(H,17,18);1H. The van der Waals surface area contributed by atoms with Crippen LogP contribution in [0.25, 0.3) is 0 Å². The molecule has 0 aliphatic carbocycles. The van der Waals surface area contributed by atoms with E-state index in [9.17, 15) is 13.6 Å². The molecule has 4 nitrogen and oxygen atoms in total. The first-order valence-corrected chi connectivity index (χ1v) is 6.22. The van der Waals surface area contributed by atoms with E-state index in [-0.39, 0.29) is 36.7 Å². The number of carbonyl (C=O) groups is 1. The largest absolute Gasteiger partial charge is 0.377 e. The van der Waals surface area contributed by atoms with E-state index in [1.807, 2.05) is 0 Å². The van der Waals surface area contributed by atoms with Crippen LogP contribution in [0.5, 0.6) is 0 Å². The van der Waals surface area contributed by atoms with Gasteiger partial charge in [-0.25, -0.2) is 8.78 Å². The predicted octanol–water partition coefficient (Wildman–Crippen LogP) is 2.09. The van der Waals surface area contributed by atoms with E-state index in [4.69, 9.17) is 4.74 Å². The number of hydrogen-bond donors (Lipinski definition) is 2. The Morgan fingerprint density at radius 2 is 2.00 bits per heavy atom. The third-order valence-electron chi connectivity index (χ3n) is 2.83. The van der Waals surface area contributed by atoms with Crippen LogP contribution in [0, 0.1) is 11.6 Å². The number of anilines is 1. The summed E-state index contributed by atoms with van der Waals surface area (Å²) in [5, 5.41) is 5.38. The molecule has 1 aromatic carbocycles. The molecule has 0 aromatic heterocycles. The molecule has 1 unspecified atom stereocenters. The zero-order chi connectivity index (χ0) is 13.7. The maximum Gasteiger partial charge on any atom is 0.238 e. The SMILES string of the molecule is Cl.O=C(CNCC1CCCO1)Nc1cc(F)cc(F)c1. The van der Waals surface area contributed by atoms with Crippen molar-refractivity contribution in [2.45, 2.75) is 18.9 Å². The van der Waals surface area contributed by atoms with Gasteiger partial charge in [0.25, 0.3) is 0 Å². The van der Waals surface area contributed by atoms with Gasteiger partial charge in [0.1, 0.15) is 11.6 Å². The fraction of sp³-hybridized carbons (Fsp3) is 0.462. The highest BCUT2D eigenvalue weighted by atomic mass is 35.5. The molecule has 20 heavy (non-hydrogen) atoms. The Labute approximate surface area is 122 Å².